The highest BCUT2D eigenvalue weighted by Crippen LogP contribution is 2.14. The van der Waals surface area contributed by atoms with Crippen molar-refractivity contribution in [3.8, 4) is 0 Å². The Balaban J connectivity index is 2.68. The molecule has 0 aliphatic heterocycles. The number of rotatable bonds is 4. The van der Waals surface area contributed by atoms with Crippen LogP contribution in [0.1, 0.15) is 10.4 Å². The van der Waals surface area contributed by atoms with Gasteiger partial charge in [0.25, 0.3) is 5.91 Å². The Morgan fingerprint density at radius 3 is 2.50 bits per heavy atom. The molecule has 0 fully saturated rings. The lowest BCUT2D eigenvalue weighted by Crippen LogP contribution is -2.31. The van der Waals surface area contributed by atoms with Gasteiger partial charge in [0, 0.05) is 7.05 Å². The lowest BCUT2D eigenvalue weighted by atomic mass is 10.2. The third-order valence-corrected chi connectivity index (χ3v) is 1.93. The highest BCUT2D eigenvalue weighted by atomic mass is 19.2. The minimum Gasteiger partial charge on any atom is -0.357 e. The van der Waals surface area contributed by atoms with E-state index in [2.05, 4.69) is 10.2 Å². The SMILES string of the molecule is CNC(=O)CONC(=O)c1ccc(F)c(F)c1F. The van der Waals surface area contributed by atoms with Crippen molar-refractivity contribution in [2.45, 2.75) is 0 Å². The van der Waals surface area contributed by atoms with Gasteiger partial charge in [0.2, 0.25) is 5.91 Å². The second-order valence-corrected chi connectivity index (χ2v) is 3.12. The first kappa shape index (κ1) is 14.0. The number of nitrogens with one attached hydrogen (secondary N) is 2. The molecule has 98 valence electrons. The van der Waals surface area contributed by atoms with Crippen LogP contribution in [0.4, 0.5) is 13.2 Å². The van der Waals surface area contributed by atoms with Gasteiger partial charge in [0.05, 0.1) is 5.56 Å². The molecule has 2 N–H and O–H groups in total. The summed E-state index contributed by atoms with van der Waals surface area (Å²) in [4.78, 5) is 26.5. The molecule has 0 unspecified atom stereocenters. The summed E-state index contributed by atoms with van der Waals surface area (Å²) in [6.45, 7) is -0.493. The first-order valence-electron chi connectivity index (χ1n) is 4.73. The molecule has 0 saturated heterocycles. The van der Waals surface area contributed by atoms with Gasteiger partial charge in [0.1, 0.15) is 0 Å². The van der Waals surface area contributed by atoms with Gasteiger partial charge in [-0.2, -0.15) is 0 Å². The number of halogens is 3. The number of hydrogen-bond donors (Lipinski definition) is 2. The van der Waals surface area contributed by atoms with E-state index >= 15 is 0 Å². The number of carbonyl (C=O) groups is 2. The van der Waals surface area contributed by atoms with E-state index in [-0.39, 0.29) is 0 Å². The van der Waals surface area contributed by atoms with Crippen molar-refractivity contribution < 1.29 is 27.6 Å². The molecule has 18 heavy (non-hydrogen) atoms. The lowest BCUT2D eigenvalue weighted by molar-refractivity contribution is -0.126. The average molecular weight is 262 g/mol. The molecule has 1 aromatic carbocycles. The zero-order valence-corrected chi connectivity index (χ0v) is 9.22. The van der Waals surface area contributed by atoms with Gasteiger partial charge in [-0.25, -0.2) is 18.7 Å². The quantitative estimate of drug-likeness (QED) is 0.613. The van der Waals surface area contributed by atoms with Crippen LogP contribution in [0.5, 0.6) is 0 Å². The van der Waals surface area contributed by atoms with Crippen LogP contribution in [0.25, 0.3) is 0 Å². The number of hydroxylamine groups is 1. The van der Waals surface area contributed by atoms with Crippen LogP contribution >= 0.6 is 0 Å². The van der Waals surface area contributed by atoms with Gasteiger partial charge in [-0.05, 0) is 12.1 Å². The Morgan fingerprint density at radius 1 is 1.22 bits per heavy atom. The van der Waals surface area contributed by atoms with E-state index in [4.69, 9.17) is 0 Å². The third kappa shape index (κ3) is 3.20. The van der Waals surface area contributed by atoms with Crippen molar-refractivity contribution in [3.63, 3.8) is 0 Å². The van der Waals surface area contributed by atoms with E-state index in [0.717, 1.165) is 6.07 Å². The second kappa shape index (κ2) is 6.01. The maximum Gasteiger partial charge on any atom is 0.277 e. The number of hydrogen-bond acceptors (Lipinski definition) is 3. The molecule has 1 rings (SSSR count). The number of amides is 2. The van der Waals surface area contributed by atoms with Crippen molar-refractivity contribution in [1.82, 2.24) is 10.8 Å². The third-order valence-electron chi connectivity index (χ3n) is 1.93. The fourth-order valence-corrected chi connectivity index (χ4v) is 0.996. The Labute approximate surface area is 99.9 Å². The smallest absolute Gasteiger partial charge is 0.277 e. The lowest BCUT2D eigenvalue weighted by Gasteiger charge is -2.06. The van der Waals surface area contributed by atoms with Crippen molar-refractivity contribution in [2.24, 2.45) is 0 Å². The van der Waals surface area contributed by atoms with E-state index in [1.165, 1.54) is 7.05 Å². The van der Waals surface area contributed by atoms with Gasteiger partial charge in [0.15, 0.2) is 24.1 Å². The van der Waals surface area contributed by atoms with Crippen LogP contribution in [0, 0.1) is 17.5 Å². The van der Waals surface area contributed by atoms with Crippen LogP contribution < -0.4 is 10.8 Å². The van der Waals surface area contributed by atoms with E-state index in [0.29, 0.717) is 6.07 Å². The molecule has 0 atom stereocenters. The molecule has 0 radical (unpaired) electrons. The van der Waals surface area contributed by atoms with Crippen molar-refractivity contribution in [3.05, 3.63) is 35.1 Å². The maximum absolute atomic E-state index is 13.2. The average Bonchev–Trinajstić information content (AvgIpc) is 2.35. The summed E-state index contributed by atoms with van der Waals surface area (Å²) in [5.41, 5.74) is 0.992. The normalized spacial score (nSPS) is 10.0. The summed E-state index contributed by atoms with van der Waals surface area (Å²) >= 11 is 0. The molecule has 0 aliphatic carbocycles. The van der Waals surface area contributed by atoms with Gasteiger partial charge in [-0.15, -0.1) is 0 Å². The Kier molecular flexibility index (Phi) is 4.67. The molecule has 0 aromatic heterocycles. The number of benzene rings is 1. The molecular weight excluding hydrogens is 253 g/mol. The molecule has 8 heteroatoms. The summed E-state index contributed by atoms with van der Waals surface area (Å²) in [7, 11) is 1.35. The minimum atomic E-state index is -1.76. The summed E-state index contributed by atoms with van der Waals surface area (Å²) in [6, 6.07) is 1.36. The van der Waals surface area contributed by atoms with Crippen LogP contribution in [-0.2, 0) is 9.63 Å². The fourth-order valence-electron chi connectivity index (χ4n) is 0.996. The van der Waals surface area contributed by atoms with Gasteiger partial charge in [-0.3, -0.25) is 14.4 Å². The molecule has 0 spiro atoms. The minimum absolute atomic E-state index is 0.493. The van der Waals surface area contributed by atoms with Crippen molar-refractivity contribution in [2.75, 3.05) is 13.7 Å². The first-order chi connectivity index (χ1) is 8.47. The van der Waals surface area contributed by atoms with E-state index in [1.54, 1.807) is 5.48 Å². The highest BCUT2D eigenvalue weighted by molar-refractivity contribution is 5.93. The maximum atomic E-state index is 13.2. The van der Waals surface area contributed by atoms with Gasteiger partial charge < -0.3 is 5.32 Å². The summed E-state index contributed by atoms with van der Waals surface area (Å²) in [6.07, 6.45) is 0. The first-order valence-corrected chi connectivity index (χ1v) is 4.73. The molecule has 0 saturated carbocycles. The van der Waals surface area contributed by atoms with Crippen LogP contribution in [0.2, 0.25) is 0 Å². The van der Waals surface area contributed by atoms with Crippen molar-refractivity contribution >= 4 is 11.8 Å². The Bertz CT molecular complexity index is 480. The summed E-state index contributed by atoms with van der Waals surface area (Å²) in [5, 5.41) is 2.21. The van der Waals surface area contributed by atoms with Crippen molar-refractivity contribution in [1.29, 1.82) is 0 Å². The Hall–Kier alpha value is -2.09. The van der Waals surface area contributed by atoms with E-state index < -0.39 is 41.4 Å². The van der Waals surface area contributed by atoms with Gasteiger partial charge >= 0.3 is 0 Å². The molecular formula is C10H9F3N2O3. The topological polar surface area (TPSA) is 67.4 Å². The fraction of sp³-hybridized carbons (Fsp3) is 0.200. The van der Waals surface area contributed by atoms with Crippen LogP contribution in [0.15, 0.2) is 12.1 Å². The summed E-state index contributed by atoms with van der Waals surface area (Å²) in [5.74, 6) is -6.45. The molecule has 0 aliphatic rings. The largest absolute Gasteiger partial charge is 0.357 e. The van der Waals surface area contributed by atoms with Gasteiger partial charge in [-0.1, -0.05) is 0 Å². The van der Waals surface area contributed by atoms with Crippen LogP contribution in [-0.4, -0.2) is 25.5 Å². The molecule has 2 amide bonds. The second-order valence-electron chi connectivity index (χ2n) is 3.12. The van der Waals surface area contributed by atoms with E-state index in [9.17, 15) is 22.8 Å². The Morgan fingerprint density at radius 2 is 1.89 bits per heavy atom. The highest BCUT2D eigenvalue weighted by Gasteiger charge is 2.18. The molecule has 0 heterocycles. The molecule has 1 aromatic rings. The predicted molar refractivity (Wildman–Crippen MR) is 53.8 cm³/mol. The molecule has 0 bridgehead atoms. The predicted octanol–water partition coefficient (Wildman–Crippen LogP) is 0.511. The van der Waals surface area contributed by atoms with Crippen LogP contribution in [0.3, 0.4) is 0 Å². The molecule has 5 nitrogen and oxygen atoms in total. The number of likely N-dealkylation sites (N-methyl/N-ethyl adjacent to an activating group) is 1. The van der Waals surface area contributed by atoms with E-state index in [1.807, 2.05) is 0 Å². The summed E-state index contributed by atoms with van der Waals surface area (Å²) < 4.78 is 38.6. The zero-order valence-electron chi connectivity index (χ0n) is 9.22. The zero-order chi connectivity index (χ0) is 13.7. The standard InChI is InChI=1S/C10H9F3N2O3/c1-14-7(16)4-18-15-10(17)5-2-3-6(11)9(13)8(5)12/h2-3H,4H2,1H3,(H,14,16)(H,15,17). The number of carbonyl (C=O) groups excluding carboxylic acids is 2. The monoisotopic (exact) mass is 262 g/mol.